The molecule has 0 saturated carbocycles. The molecule has 1 fully saturated rings. The Morgan fingerprint density at radius 1 is 1.54 bits per heavy atom. The summed E-state index contributed by atoms with van der Waals surface area (Å²) in [6, 6.07) is 0. The van der Waals surface area contributed by atoms with Crippen molar-refractivity contribution in [2.24, 2.45) is 0 Å². The molecule has 0 aromatic heterocycles. The van der Waals surface area contributed by atoms with Gasteiger partial charge < -0.3 is 4.74 Å². The van der Waals surface area contributed by atoms with E-state index in [1.54, 1.807) is 0 Å². The van der Waals surface area contributed by atoms with Gasteiger partial charge in [-0.25, -0.2) is 13.1 Å². The lowest BCUT2D eigenvalue weighted by Crippen LogP contribution is -2.32. The third kappa shape index (κ3) is 4.39. The normalized spacial score (nSPS) is 23.6. The molecule has 13 heavy (non-hydrogen) atoms. The summed E-state index contributed by atoms with van der Waals surface area (Å²) in [7, 11) is -3.13. The van der Waals surface area contributed by atoms with Crippen LogP contribution in [0, 0.1) is 0 Å². The summed E-state index contributed by atoms with van der Waals surface area (Å²) in [6.07, 6.45) is 1.72. The molecule has 1 aliphatic heterocycles. The second kappa shape index (κ2) is 5.29. The lowest BCUT2D eigenvalue weighted by Gasteiger charge is -2.10. The molecule has 6 heteroatoms. The van der Waals surface area contributed by atoms with Gasteiger partial charge in [-0.3, -0.25) is 0 Å². The monoisotopic (exact) mass is 271 g/mol. The summed E-state index contributed by atoms with van der Waals surface area (Å²) in [5.74, 6) is 0.0972. The van der Waals surface area contributed by atoms with Crippen LogP contribution in [-0.4, -0.2) is 38.8 Å². The molecule has 1 aliphatic rings. The first-order chi connectivity index (χ1) is 6.14. The first-order valence-corrected chi connectivity index (χ1v) is 7.06. The zero-order valence-corrected chi connectivity index (χ0v) is 9.73. The van der Waals surface area contributed by atoms with Crippen LogP contribution in [0.2, 0.25) is 0 Å². The molecule has 0 amide bonds. The highest BCUT2D eigenvalue weighted by atomic mass is 79.9. The molecule has 0 spiro atoms. The van der Waals surface area contributed by atoms with Gasteiger partial charge >= 0.3 is 0 Å². The molecule has 1 heterocycles. The van der Waals surface area contributed by atoms with Crippen LogP contribution < -0.4 is 4.72 Å². The highest BCUT2D eigenvalue weighted by Gasteiger charge is 2.22. The summed E-state index contributed by atoms with van der Waals surface area (Å²) in [5, 5.41) is 0.637. The van der Waals surface area contributed by atoms with Gasteiger partial charge in [0.05, 0.1) is 11.9 Å². The molecule has 0 aromatic carbocycles. The van der Waals surface area contributed by atoms with Gasteiger partial charge in [0.1, 0.15) is 0 Å². The lowest BCUT2D eigenvalue weighted by atomic mass is 10.3. The zero-order valence-electron chi connectivity index (χ0n) is 7.33. The van der Waals surface area contributed by atoms with E-state index in [0.29, 0.717) is 18.5 Å². The summed E-state index contributed by atoms with van der Waals surface area (Å²) in [6.45, 7) is 1.13. The van der Waals surface area contributed by atoms with E-state index < -0.39 is 10.0 Å². The molecular weight excluding hydrogens is 258 g/mol. The van der Waals surface area contributed by atoms with E-state index in [-0.39, 0.29) is 11.9 Å². The predicted octanol–water partition coefficient (Wildman–Crippen LogP) is 0.480. The highest BCUT2D eigenvalue weighted by molar-refractivity contribution is 9.09. The number of halogens is 1. The van der Waals surface area contributed by atoms with Gasteiger partial charge in [-0.2, -0.15) is 0 Å². The Balaban J connectivity index is 2.32. The van der Waals surface area contributed by atoms with Crippen molar-refractivity contribution >= 4 is 26.0 Å². The van der Waals surface area contributed by atoms with Crippen LogP contribution in [0.1, 0.15) is 12.8 Å². The van der Waals surface area contributed by atoms with Crippen LogP contribution in [0.25, 0.3) is 0 Å². The molecule has 0 radical (unpaired) electrons. The Kier molecular flexibility index (Phi) is 4.64. The first-order valence-electron chi connectivity index (χ1n) is 4.29. The van der Waals surface area contributed by atoms with E-state index in [1.165, 1.54) is 0 Å². The van der Waals surface area contributed by atoms with E-state index in [0.717, 1.165) is 12.8 Å². The molecule has 1 atom stereocenters. The van der Waals surface area contributed by atoms with Crippen LogP contribution in [0.5, 0.6) is 0 Å². The summed E-state index contributed by atoms with van der Waals surface area (Å²) >= 11 is 3.16. The van der Waals surface area contributed by atoms with Crippen molar-refractivity contribution < 1.29 is 13.2 Å². The second-order valence-corrected chi connectivity index (χ2v) is 5.64. The van der Waals surface area contributed by atoms with Crippen molar-refractivity contribution in [2.45, 2.75) is 18.9 Å². The SMILES string of the molecule is O=S(=O)(CC1CCCO1)NCCBr. The molecule has 1 unspecified atom stereocenters. The molecule has 78 valence electrons. The number of sulfonamides is 1. The highest BCUT2D eigenvalue weighted by Crippen LogP contribution is 2.13. The molecule has 0 bridgehead atoms. The van der Waals surface area contributed by atoms with E-state index in [9.17, 15) is 8.42 Å². The van der Waals surface area contributed by atoms with Crippen LogP contribution in [0.15, 0.2) is 0 Å². The smallest absolute Gasteiger partial charge is 0.214 e. The summed E-state index contributed by atoms with van der Waals surface area (Å²) < 4.78 is 30.4. The molecule has 4 nitrogen and oxygen atoms in total. The predicted molar refractivity (Wildman–Crippen MR) is 54.6 cm³/mol. The van der Waals surface area contributed by atoms with Crippen molar-refractivity contribution in [3.05, 3.63) is 0 Å². The van der Waals surface area contributed by atoms with Crippen LogP contribution in [0.3, 0.4) is 0 Å². The Labute approximate surface area is 87.2 Å². The summed E-state index contributed by atoms with van der Waals surface area (Å²) in [4.78, 5) is 0. The Morgan fingerprint density at radius 2 is 2.31 bits per heavy atom. The largest absolute Gasteiger partial charge is 0.377 e. The van der Waals surface area contributed by atoms with Crippen molar-refractivity contribution in [3.8, 4) is 0 Å². The quantitative estimate of drug-likeness (QED) is 0.741. The van der Waals surface area contributed by atoms with E-state index in [2.05, 4.69) is 20.7 Å². The van der Waals surface area contributed by atoms with Gasteiger partial charge in [0.2, 0.25) is 10.0 Å². The minimum atomic E-state index is -3.13. The summed E-state index contributed by atoms with van der Waals surface area (Å²) in [5.41, 5.74) is 0. The van der Waals surface area contributed by atoms with Gasteiger partial charge in [0.25, 0.3) is 0 Å². The molecule has 1 saturated heterocycles. The number of ether oxygens (including phenoxy) is 1. The van der Waals surface area contributed by atoms with Gasteiger partial charge in [-0.1, -0.05) is 15.9 Å². The van der Waals surface area contributed by atoms with Gasteiger partial charge in [0, 0.05) is 18.5 Å². The van der Waals surface area contributed by atoms with E-state index >= 15 is 0 Å². The fraction of sp³-hybridized carbons (Fsp3) is 1.00. The fourth-order valence-electron chi connectivity index (χ4n) is 1.27. The fourth-order valence-corrected chi connectivity index (χ4v) is 3.02. The van der Waals surface area contributed by atoms with Crippen LogP contribution >= 0.6 is 15.9 Å². The second-order valence-electron chi connectivity index (χ2n) is 3.00. The number of alkyl halides is 1. The zero-order chi connectivity index (χ0) is 9.73. The van der Waals surface area contributed by atoms with Crippen molar-refractivity contribution in [1.82, 2.24) is 4.72 Å². The maximum atomic E-state index is 11.3. The Morgan fingerprint density at radius 3 is 2.85 bits per heavy atom. The topological polar surface area (TPSA) is 55.4 Å². The average molecular weight is 272 g/mol. The van der Waals surface area contributed by atoms with Crippen molar-refractivity contribution in [1.29, 1.82) is 0 Å². The Bertz CT molecular complexity index is 236. The number of rotatable bonds is 5. The minimum Gasteiger partial charge on any atom is -0.377 e. The van der Waals surface area contributed by atoms with Crippen molar-refractivity contribution in [2.75, 3.05) is 24.2 Å². The average Bonchev–Trinajstić information content (AvgIpc) is 2.52. The Hall–Kier alpha value is 0.350. The number of nitrogens with one attached hydrogen (secondary N) is 1. The van der Waals surface area contributed by atoms with Gasteiger partial charge in [-0.15, -0.1) is 0 Å². The van der Waals surface area contributed by atoms with E-state index in [4.69, 9.17) is 4.74 Å². The molecule has 0 aliphatic carbocycles. The maximum absolute atomic E-state index is 11.3. The lowest BCUT2D eigenvalue weighted by molar-refractivity contribution is 0.127. The third-order valence-corrected chi connectivity index (χ3v) is 3.70. The van der Waals surface area contributed by atoms with Gasteiger partial charge in [-0.05, 0) is 12.8 Å². The first kappa shape index (κ1) is 11.4. The minimum absolute atomic E-state index is 0.0972. The van der Waals surface area contributed by atoms with Crippen LogP contribution in [-0.2, 0) is 14.8 Å². The maximum Gasteiger partial charge on any atom is 0.214 e. The van der Waals surface area contributed by atoms with E-state index in [1.807, 2.05) is 0 Å². The molecule has 1 N–H and O–H groups in total. The van der Waals surface area contributed by atoms with Crippen molar-refractivity contribution in [3.63, 3.8) is 0 Å². The molecule has 1 rings (SSSR count). The number of hydrogen-bond donors (Lipinski definition) is 1. The van der Waals surface area contributed by atoms with Crippen LogP contribution in [0.4, 0.5) is 0 Å². The standard InChI is InChI=1S/C7H14BrNO3S/c8-3-4-9-13(10,11)6-7-2-1-5-12-7/h7,9H,1-6H2. The third-order valence-electron chi connectivity index (χ3n) is 1.85. The van der Waals surface area contributed by atoms with Gasteiger partial charge in [0.15, 0.2) is 0 Å². The number of hydrogen-bond acceptors (Lipinski definition) is 3. The molecule has 0 aromatic rings. The molecular formula is C7H14BrNO3S.